The number of thioether (sulfide) groups is 2. The van der Waals surface area contributed by atoms with Crippen LogP contribution in [0.15, 0.2) is 0 Å². The third kappa shape index (κ3) is 2.56. The highest BCUT2D eigenvalue weighted by molar-refractivity contribution is 8.07. The summed E-state index contributed by atoms with van der Waals surface area (Å²) in [5.74, 6) is 2.46. The highest BCUT2D eigenvalue weighted by atomic mass is 32.2. The van der Waals surface area contributed by atoms with Crippen molar-refractivity contribution in [3.63, 3.8) is 0 Å². The molecule has 0 radical (unpaired) electrons. The molecule has 1 fully saturated rings. The van der Waals surface area contributed by atoms with Gasteiger partial charge in [-0.2, -0.15) is 23.5 Å². The fourth-order valence-corrected chi connectivity index (χ4v) is 4.54. The smallest absolute Gasteiger partial charge is 0.0641 e. The van der Waals surface area contributed by atoms with Gasteiger partial charge in [0, 0.05) is 22.0 Å². The minimum absolute atomic E-state index is 0.141. The summed E-state index contributed by atoms with van der Waals surface area (Å²) < 4.78 is 0. The Morgan fingerprint density at radius 3 is 2.55 bits per heavy atom. The van der Waals surface area contributed by atoms with E-state index < -0.39 is 0 Å². The normalized spacial score (nSPS) is 35.2. The van der Waals surface area contributed by atoms with Gasteiger partial charge in [-0.25, -0.2) is 0 Å². The van der Waals surface area contributed by atoms with Gasteiger partial charge < -0.3 is 5.11 Å². The number of rotatable bonds is 2. The van der Waals surface area contributed by atoms with Crippen molar-refractivity contribution in [3.05, 3.63) is 0 Å². The predicted octanol–water partition coefficient (Wildman–Crippen LogP) is 1.99. The molecular weight excluding hydrogens is 176 g/mol. The van der Waals surface area contributed by atoms with Crippen LogP contribution < -0.4 is 0 Å². The van der Waals surface area contributed by atoms with Gasteiger partial charge in [0.05, 0.1) is 6.10 Å². The van der Waals surface area contributed by atoms with Crippen molar-refractivity contribution in [1.29, 1.82) is 0 Å². The number of hydrogen-bond acceptors (Lipinski definition) is 3. The van der Waals surface area contributed by atoms with Crippen molar-refractivity contribution in [2.24, 2.45) is 0 Å². The number of hydrogen-bond donors (Lipinski definition) is 1. The molecule has 0 aromatic carbocycles. The molecule has 1 N–H and O–H groups in total. The molecule has 1 saturated heterocycles. The molecule has 11 heavy (non-hydrogen) atoms. The zero-order valence-electron chi connectivity index (χ0n) is 7.12. The number of aliphatic hydroxyl groups excluding tert-OH is 1. The lowest BCUT2D eigenvalue weighted by atomic mass is 10.2. The molecule has 0 spiro atoms. The van der Waals surface area contributed by atoms with Crippen molar-refractivity contribution in [2.45, 2.75) is 36.9 Å². The second-order valence-electron chi connectivity index (χ2n) is 2.89. The summed E-state index contributed by atoms with van der Waals surface area (Å²) in [5.41, 5.74) is 0. The molecule has 0 bridgehead atoms. The molecule has 0 aromatic heterocycles. The first-order chi connectivity index (χ1) is 5.25. The average molecular weight is 192 g/mol. The molecule has 0 aromatic rings. The molecule has 66 valence electrons. The Labute approximate surface area is 77.3 Å². The fourth-order valence-electron chi connectivity index (χ4n) is 1.39. The van der Waals surface area contributed by atoms with Crippen molar-refractivity contribution in [1.82, 2.24) is 0 Å². The van der Waals surface area contributed by atoms with Gasteiger partial charge in [0.15, 0.2) is 0 Å². The van der Waals surface area contributed by atoms with E-state index in [0.717, 1.165) is 0 Å². The van der Waals surface area contributed by atoms with Crippen molar-refractivity contribution >= 4 is 23.5 Å². The van der Waals surface area contributed by atoms with Crippen LogP contribution >= 0.6 is 23.5 Å². The van der Waals surface area contributed by atoms with Crippen LogP contribution in [0.25, 0.3) is 0 Å². The first kappa shape index (κ1) is 9.75. The largest absolute Gasteiger partial charge is 0.392 e. The maximum atomic E-state index is 9.44. The topological polar surface area (TPSA) is 20.2 Å². The van der Waals surface area contributed by atoms with E-state index >= 15 is 0 Å². The zero-order chi connectivity index (χ0) is 8.27. The summed E-state index contributed by atoms with van der Waals surface area (Å²) >= 11 is 3.95. The molecule has 3 unspecified atom stereocenters. The van der Waals surface area contributed by atoms with Gasteiger partial charge in [0.1, 0.15) is 0 Å². The third-order valence-electron chi connectivity index (χ3n) is 1.97. The Balaban J connectivity index is 2.44. The van der Waals surface area contributed by atoms with Crippen LogP contribution in [-0.2, 0) is 0 Å². The Hall–Kier alpha value is 0.660. The second-order valence-corrected chi connectivity index (χ2v) is 5.53. The predicted molar refractivity (Wildman–Crippen MR) is 54.5 cm³/mol. The van der Waals surface area contributed by atoms with Gasteiger partial charge in [-0.1, -0.05) is 6.92 Å². The molecule has 3 atom stereocenters. The van der Waals surface area contributed by atoms with Crippen molar-refractivity contribution < 1.29 is 5.11 Å². The molecule has 1 aliphatic heterocycles. The summed E-state index contributed by atoms with van der Waals surface area (Å²) in [7, 11) is 0. The monoisotopic (exact) mass is 192 g/mol. The standard InChI is InChI=1S/C8H16OS2/c1-3-7-8(6(2)9)11-5-4-10-7/h6-9H,3-5H2,1-2H3. The molecule has 3 heteroatoms. The second kappa shape index (κ2) is 4.63. The molecule has 0 amide bonds. The average Bonchev–Trinajstić information content (AvgIpc) is 2.04. The minimum atomic E-state index is -0.141. The molecule has 1 aliphatic rings. The maximum Gasteiger partial charge on any atom is 0.0641 e. The summed E-state index contributed by atoms with van der Waals surface area (Å²) in [6, 6.07) is 0. The van der Waals surface area contributed by atoms with Crippen LogP contribution in [-0.4, -0.2) is 33.2 Å². The van der Waals surface area contributed by atoms with Crippen LogP contribution in [0.2, 0.25) is 0 Å². The van der Waals surface area contributed by atoms with Gasteiger partial charge in [-0.05, 0) is 13.3 Å². The minimum Gasteiger partial charge on any atom is -0.392 e. The first-order valence-corrected chi connectivity index (χ1v) is 6.26. The fraction of sp³-hybridized carbons (Fsp3) is 1.00. The first-order valence-electron chi connectivity index (χ1n) is 4.17. The Morgan fingerprint density at radius 1 is 1.45 bits per heavy atom. The van der Waals surface area contributed by atoms with Gasteiger partial charge >= 0.3 is 0 Å². The Morgan fingerprint density at radius 2 is 2.09 bits per heavy atom. The van der Waals surface area contributed by atoms with Gasteiger partial charge in [-0.3, -0.25) is 0 Å². The van der Waals surface area contributed by atoms with Gasteiger partial charge in [0.25, 0.3) is 0 Å². The molecular formula is C8H16OS2. The summed E-state index contributed by atoms with van der Waals surface area (Å²) in [6.45, 7) is 4.12. The van der Waals surface area contributed by atoms with E-state index in [0.29, 0.717) is 10.5 Å². The lowest BCUT2D eigenvalue weighted by molar-refractivity contribution is 0.189. The van der Waals surface area contributed by atoms with E-state index in [-0.39, 0.29) is 6.10 Å². The van der Waals surface area contributed by atoms with Gasteiger partial charge in [0.2, 0.25) is 0 Å². The van der Waals surface area contributed by atoms with Crippen LogP contribution in [0.4, 0.5) is 0 Å². The SMILES string of the molecule is CCC1SCCSC1C(C)O. The van der Waals surface area contributed by atoms with E-state index in [4.69, 9.17) is 0 Å². The van der Waals surface area contributed by atoms with Crippen LogP contribution in [0.3, 0.4) is 0 Å². The molecule has 0 aliphatic carbocycles. The summed E-state index contributed by atoms with van der Waals surface area (Å²) in [6.07, 6.45) is 1.05. The summed E-state index contributed by atoms with van der Waals surface area (Å²) in [4.78, 5) is 0. The van der Waals surface area contributed by atoms with E-state index in [1.54, 1.807) is 0 Å². The summed E-state index contributed by atoms with van der Waals surface area (Å²) in [5, 5.41) is 10.6. The molecule has 1 heterocycles. The highest BCUT2D eigenvalue weighted by Crippen LogP contribution is 2.34. The van der Waals surface area contributed by atoms with Crippen LogP contribution in [0.1, 0.15) is 20.3 Å². The van der Waals surface area contributed by atoms with E-state index in [2.05, 4.69) is 6.92 Å². The zero-order valence-corrected chi connectivity index (χ0v) is 8.75. The number of aliphatic hydroxyl groups is 1. The quantitative estimate of drug-likeness (QED) is 0.722. The molecule has 1 rings (SSSR count). The van der Waals surface area contributed by atoms with Crippen molar-refractivity contribution in [2.75, 3.05) is 11.5 Å². The van der Waals surface area contributed by atoms with E-state index in [9.17, 15) is 5.11 Å². The highest BCUT2D eigenvalue weighted by Gasteiger charge is 2.28. The molecule has 0 saturated carbocycles. The third-order valence-corrected chi connectivity index (χ3v) is 5.44. The van der Waals surface area contributed by atoms with E-state index in [1.807, 2.05) is 30.4 Å². The van der Waals surface area contributed by atoms with Crippen LogP contribution in [0, 0.1) is 0 Å². The Kier molecular flexibility index (Phi) is 4.10. The lowest BCUT2D eigenvalue weighted by Crippen LogP contribution is -2.34. The van der Waals surface area contributed by atoms with E-state index in [1.165, 1.54) is 17.9 Å². The molecule has 1 nitrogen and oxygen atoms in total. The van der Waals surface area contributed by atoms with Gasteiger partial charge in [-0.15, -0.1) is 0 Å². The lowest BCUT2D eigenvalue weighted by Gasteiger charge is -2.31. The Bertz CT molecular complexity index is 117. The van der Waals surface area contributed by atoms with Crippen molar-refractivity contribution in [3.8, 4) is 0 Å². The maximum absolute atomic E-state index is 9.44. The van der Waals surface area contributed by atoms with Crippen LogP contribution in [0.5, 0.6) is 0 Å².